The van der Waals surface area contributed by atoms with Crippen molar-refractivity contribution >= 4 is 22.6 Å². The highest BCUT2D eigenvalue weighted by atomic mass is 32.1. The number of benzene rings is 1. The van der Waals surface area contributed by atoms with Crippen molar-refractivity contribution in [1.29, 1.82) is 5.26 Å². The molecule has 1 aromatic heterocycles. The quantitative estimate of drug-likeness (QED) is 0.636. The molecule has 0 aliphatic heterocycles. The second kappa shape index (κ2) is 7.02. The number of thiophene rings is 1. The van der Waals surface area contributed by atoms with Crippen LogP contribution >= 0.6 is 11.3 Å². The maximum atomic E-state index is 10.3. The lowest BCUT2D eigenvalue weighted by atomic mass is 9.89. The molecule has 0 radical (unpaired) electrons. The standard InChI is InChI=1S/C20H20N2OS/c1-3-5-14-6-4-7-15(19(14)23)12-22-20-17(11-21)16-9-8-13(2)10-18(16)24-20/h3-4,6-7,12-13,23H,1,5,8-10H2,2H3/b22-12+. The molecular formula is C20H20N2OS. The molecule has 1 atom stereocenters. The Morgan fingerprint density at radius 3 is 3.08 bits per heavy atom. The van der Waals surface area contributed by atoms with Crippen LogP contribution in [0.15, 0.2) is 35.8 Å². The minimum atomic E-state index is 0.231. The first kappa shape index (κ1) is 16.5. The molecule has 1 aromatic carbocycles. The molecule has 0 saturated heterocycles. The number of allylic oxidation sites excluding steroid dienone is 1. The summed E-state index contributed by atoms with van der Waals surface area (Å²) in [5.41, 5.74) is 3.38. The third-order valence-corrected chi connectivity index (χ3v) is 5.60. The average Bonchev–Trinajstić information content (AvgIpc) is 2.92. The molecule has 0 amide bonds. The van der Waals surface area contributed by atoms with Gasteiger partial charge >= 0.3 is 0 Å². The van der Waals surface area contributed by atoms with Gasteiger partial charge in [0.2, 0.25) is 0 Å². The number of fused-ring (bicyclic) bond motifs is 1. The number of nitrogens with zero attached hydrogens (tertiary/aromatic N) is 2. The van der Waals surface area contributed by atoms with E-state index in [4.69, 9.17) is 0 Å². The van der Waals surface area contributed by atoms with Crippen LogP contribution in [0.3, 0.4) is 0 Å². The summed E-state index contributed by atoms with van der Waals surface area (Å²) in [7, 11) is 0. The Balaban J connectivity index is 1.95. The first-order valence-electron chi connectivity index (χ1n) is 8.14. The summed E-state index contributed by atoms with van der Waals surface area (Å²) in [4.78, 5) is 5.82. The van der Waals surface area contributed by atoms with Crippen LogP contribution in [0.25, 0.3) is 0 Å². The van der Waals surface area contributed by atoms with Gasteiger partial charge in [-0.05, 0) is 48.8 Å². The molecule has 122 valence electrons. The summed E-state index contributed by atoms with van der Waals surface area (Å²) < 4.78 is 0. The largest absolute Gasteiger partial charge is 0.507 e. The fourth-order valence-electron chi connectivity index (χ4n) is 3.11. The number of hydrogen-bond acceptors (Lipinski definition) is 4. The molecule has 24 heavy (non-hydrogen) atoms. The Bertz CT molecular complexity index is 842. The van der Waals surface area contributed by atoms with Crippen molar-refractivity contribution in [2.24, 2.45) is 10.9 Å². The van der Waals surface area contributed by atoms with E-state index in [2.05, 4.69) is 24.6 Å². The number of hydrogen-bond donors (Lipinski definition) is 1. The highest BCUT2D eigenvalue weighted by Gasteiger charge is 2.23. The van der Waals surface area contributed by atoms with Crippen molar-refractivity contribution < 1.29 is 5.11 Å². The average molecular weight is 336 g/mol. The van der Waals surface area contributed by atoms with Gasteiger partial charge in [-0.15, -0.1) is 17.9 Å². The van der Waals surface area contributed by atoms with Crippen LogP contribution in [0.4, 0.5) is 5.00 Å². The molecule has 0 bridgehead atoms. The number of aromatic hydroxyl groups is 1. The van der Waals surface area contributed by atoms with Crippen molar-refractivity contribution in [3.63, 3.8) is 0 Å². The molecule has 4 heteroatoms. The SMILES string of the molecule is C=CCc1cccc(/C=N/c2sc3c(c2C#N)CCC(C)C3)c1O. The van der Waals surface area contributed by atoms with Gasteiger partial charge in [-0.1, -0.05) is 25.1 Å². The maximum absolute atomic E-state index is 10.3. The monoisotopic (exact) mass is 336 g/mol. The molecule has 1 aliphatic carbocycles. The fraction of sp³-hybridized carbons (Fsp3) is 0.300. The molecule has 0 fully saturated rings. The fourth-order valence-corrected chi connectivity index (χ4v) is 4.41. The number of rotatable bonds is 4. The van der Waals surface area contributed by atoms with Crippen LogP contribution < -0.4 is 0 Å². The number of phenols is 1. The lowest BCUT2D eigenvalue weighted by Gasteiger charge is -2.17. The van der Waals surface area contributed by atoms with Crippen molar-refractivity contribution in [3.8, 4) is 11.8 Å². The molecule has 1 unspecified atom stereocenters. The van der Waals surface area contributed by atoms with E-state index in [9.17, 15) is 10.4 Å². The third-order valence-electron chi connectivity index (χ3n) is 4.44. The summed E-state index contributed by atoms with van der Waals surface area (Å²) in [6.07, 6.45) is 7.16. The van der Waals surface area contributed by atoms with Crippen LogP contribution in [0.2, 0.25) is 0 Å². The van der Waals surface area contributed by atoms with Gasteiger partial charge < -0.3 is 5.11 Å². The summed E-state index contributed by atoms with van der Waals surface area (Å²) >= 11 is 1.61. The third kappa shape index (κ3) is 3.13. The van der Waals surface area contributed by atoms with Gasteiger partial charge in [0.1, 0.15) is 16.8 Å². The number of phenolic OH excluding ortho intramolecular Hbond substituents is 1. The first-order valence-corrected chi connectivity index (χ1v) is 8.96. The second-order valence-corrected chi connectivity index (χ2v) is 7.33. The van der Waals surface area contributed by atoms with Gasteiger partial charge in [0.05, 0.1) is 5.56 Å². The van der Waals surface area contributed by atoms with Gasteiger partial charge in [0.15, 0.2) is 0 Å². The van der Waals surface area contributed by atoms with Crippen LogP contribution in [-0.4, -0.2) is 11.3 Å². The summed E-state index contributed by atoms with van der Waals surface area (Å²) in [6.45, 7) is 5.96. The Kier molecular flexibility index (Phi) is 4.82. The molecule has 3 nitrogen and oxygen atoms in total. The van der Waals surface area contributed by atoms with Gasteiger partial charge in [-0.3, -0.25) is 0 Å². The lowest BCUT2D eigenvalue weighted by molar-refractivity contribution is 0.469. The normalized spacial score (nSPS) is 16.8. The van der Waals surface area contributed by atoms with Crippen LogP contribution in [0.5, 0.6) is 5.75 Å². The number of nitriles is 1. The van der Waals surface area contributed by atoms with Crippen molar-refractivity contribution in [1.82, 2.24) is 0 Å². The maximum Gasteiger partial charge on any atom is 0.134 e. The molecule has 1 aliphatic rings. The molecule has 0 spiro atoms. The molecule has 1 heterocycles. The first-order chi connectivity index (χ1) is 11.6. The van der Waals surface area contributed by atoms with Crippen LogP contribution in [0, 0.1) is 17.2 Å². The van der Waals surface area contributed by atoms with Crippen LogP contribution in [0.1, 0.15) is 40.5 Å². The zero-order valence-electron chi connectivity index (χ0n) is 13.7. The Morgan fingerprint density at radius 2 is 2.33 bits per heavy atom. The second-order valence-electron chi connectivity index (χ2n) is 6.25. The van der Waals surface area contributed by atoms with E-state index >= 15 is 0 Å². The molecular weight excluding hydrogens is 316 g/mol. The van der Waals surface area contributed by atoms with E-state index in [1.807, 2.05) is 18.2 Å². The molecule has 0 saturated carbocycles. The van der Waals surface area contributed by atoms with Gasteiger partial charge in [0, 0.05) is 16.7 Å². The molecule has 1 N–H and O–H groups in total. The topological polar surface area (TPSA) is 56.4 Å². The zero-order valence-corrected chi connectivity index (χ0v) is 14.6. The van der Waals surface area contributed by atoms with Gasteiger partial charge in [-0.2, -0.15) is 5.26 Å². The van der Waals surface area contributed by atoms with E-state index in [1.54, 1.807) is 23.6 Å². The van der Waals surface area contributed by atoms with Crippen LogP contribution in [-0.2, 0) is 19.3 Å². The summed E-state index contributed by atoms with van der Waals surface area (Å²) in [5, 5.41) is 20.6. The van der Waals surface area contributed by atoms with E-state index in [0.717, 1.165) is 29.8 Å². The summed E-state index contributed by atoms with van der Waals surface area (Å²) in [6, 6.07) is 7.92. The van der Waals surface area contributed by atoms with E-state index in [0.29, 0.717) is 23.5 Å². The predicted molar refractivity (Wildman–Crippen MR) is 99.5 cm³/mol. The minimum absolute atomic E-state index is 0.231. The van der Waals surface area contributed by atoms with E-state index < -0.39 is 0 Å². The van der Waals surface area contributed by atoms with Gasteiger partial charge in [0.25, 0.3) is 0 Å². The number of aliphatic imine (C=N–C) groups is 1. The highest BCUT2D eigenvalue weighted by Crippen LogP contribution is 2.40. The Hall–Kier alpha value is -2.38. The summed E-state index contributed by atoms with van der Waals surface area (Å²) in [5.74, 6) is 0.897. The van der Waals surface area contributed by atoms with Crippen molar-refractivity contribution in [3.05, 3.63) is 58.0 Å². The van der Waals surface area contributed by atoms with E-state index in [1.165, 1.54) is 10.4 Å². The predicted octanol–water partition coefficient (Wildman–Crippen LogP) is 4.93. The van der Waals surface area contributed by atoms with Crippen molar-refractivity contribution in [2.45, 2.75) is 32.6 Å². The van der Waals surface area contributed by atoms with Gasteiger partial charge in [-0.25, -0.2) is 4.99 Å². The Labute approximate surface area is 146 Å². The lowest BCUT2D eigenvalue weighted by Crippen LogP contribution is -2.09. The van der Waals surface area contributed by atoms with E-state index in [-0.39, 0.29) is 5.75 Å². The molecule has 3 rings (SSSR count). The zero-order chi connectivity index (χ0) is 17.1. The van der Waals surface area contributed by atoms with Crippen molar-refractivity contribution in [2.75, 3.05) is 0 Å². The number of para-hydroxylation sites is 1. The highest BCUT2D eigenvalue weighted by molar-refractivity contribution is 7.16. The Morgan fingerprint density at radius 1 is 1.50 bits per heavy atom. The molecule has 2 aromatic rings. The minimum Gasteiger partial charge on any atom is -0.507 e. The smallest absolute Gasteiger partial charge is 0.134 e.